The van der Waals surface area contributed by atoms with Crippen LogP contribution in [-0.4, -0.2) is 15.0 Å². The molecule has 0 spiro atoms. The molecule has 1 aromatic rings. The van der Waals surface area contributed by atoms with Crippen molar-refractivity contribution in [1.82, 2.24) is 10.0 Å². The van der Waals surface area contributed by atoms with Gasteiger partial charge in [0.2, 0.25) is 10.0 Å². The third-order valence-corrected chi connectivity index (χ3v) is 5.86. The second kappa shape index (κ2) is 4.58. The van der Waals surface area contributed by atoms with Gasteiger partial charge in [0.05, 0.1) is 4.90 Å². The molecule has 2 aliphatic rings. The average molecular weight is 280 g/mol. The molecule has 0 unspecified atom stereocenters. The Labute approximate surface area is 114 Å². The lowest BCUT2D eigenvalue weighted by molar-refractivity contribution is 0.475. The monoisotopic (exact) mass is 280 g/mol. The SMILES string of the molecule is CCC1(CNS(=O)(=O)c2ccc3c(c2)CNC3)CC1. The first kappa shape index (κ1) is 13.1. The summed E-state index contributed by atoms with van der Waals surface area (Å²) in [6, 6.07) is 5.42. The molecule has 104 valence electrons. The number of sulfonamides is 1. The minimum atomic E-state index is -3.36. The number of hydrogen-bond donors (Lipinski definition) is 2. The van der Waals surface area contributed by atoms with Gasteiger partial charge in [-0.3, -0.25) is 0 Å². The zero-order chi connectivity index (χ0) is 13.5. The first-order chi connectivity index (χ1) is 9.05. The van der Waals surface area contributed by atoms with Crippen molar-refractivity contribution < 1.29 is 8.42 Å². The molecule has 1 fully saturated rings. The van der Waals surface area contributed by atoms with E-state index in [9.17, 15) is 8.42 Å². The molecule has 1 aliphatic heterocycles. The van der Waals surface area contributed by atoms with E-state index in [1.807, 2.05) is 6.07 Å². The van der Waals surface area contributed by atoms with Crippen LogP contribution in [0.2, 0.25) is 0 Å². The molecule has 0 bridgehead atoms. The van der Waals surface area contributed by atoms with Crippen molar-refractivity contribution in [3.63, 3.8) is 0 Å². The van der Waals surface area contributed by atoms with Gasteiger partial charge < -0.3 is 5.32 Å². The van der Waals surface area contributed by atoms with Crippen LogP contribution in [0.1, 0.15) is 37.3 Å². The molecule has 1 aromatic carbocycles. The van der Waals surface area contributed by atoms with Gasteiger partial charge in [-0.15, -0.1) is 0 Å². The lowest BCUT2D eigenvalue weighted by Crippen LogP contribution is -2.30. The molecule has 4 nitrogen and oxygen atoms in total. The van der Waals surface area contributed by atoms with Gasteiger partial charge in [-0.2, -0.15) is 0 Å². The molecule has 19 heavy (non-hydrogen) atoms. The van der Waals surface area contributed by atoms with Gasteiger partial charge in [0.25, 0.3) is 0 Å². The van der Waals surface area contributed by atoms with E-state index in [1.54, 1.807) is 12.1 Å². The molecule has 0 aromatic heterocycles. The number of nitrogens with one attached hydrogen (secondary N) is 2. The summed E-state index contributed by atoms with van der Waals surface area (Å²) in [4.78, 5) is 0.391. The van der Waals surface area contributed by atoms with E-state index in [4.69, 9.17) is 0 Å². The maximum atomic E-state index is 12.3. The normalized spacial score (nSPS) is 20.3. The molecular weight excluding hydrogens is 260 g/mol. The summed E-state index contributed by atoms with van der Waals surface area (Å²) in [5.74, 6) is 0. The Morgan fingerprint density at radius 3 is 2.68 bits per heavy atom. The summed E-state index contributed by atoms with van der Waals surface area (Å²) in [5, 5.41) is 3.23. The van der Waals surface area contributed by atoms with Crippen molar-refractivity contribution >= 4 is 10.0 Å². The molecule has 0 amide bonds. The second-order valence-electron chi connectivity index (χ2n) is 5.71. The van der Waals surface area contributed by atoms with Gasteiger partial charge in [-0.25, -0.2) is 13.1 Å². The largest absolute Gasteiger partial charge is 0.309 e. The molecule has 0 atom stereocenters. The minimum Gasteiger partial charge on any atom is -0.309 e. The summed E-state index contributed by atoms with van der Waals surface area (Å²) in [6.45, 7) is 4.29. The third kappa shape index (κ3) is 2.55. The molecule has 1 heterocycles. The van der Waals surface area contributed by atoms with E-state index in [0.29, 0.717) is 11.4 Å². The van der Waals surface area contributed by atoms with Crippen LogP contribution in [0.4, 0.5) is 0 Å². The lowest BCUT2D eigenvalue weighted by atomic mass is 10.1. The summed E-state index contributed by atoms with van der Waals surface area (Å²) >= 11 is 0. The van der Waals surface area contributed by atoms with Crippen molar-refractivity contribution in [3.05, 3.63) is 29.3 Å². The molecule has 3 rings (SSSR count). The van der Waals surface area contributed by atoms with Crippen LogP contribution in [0.5, 0.6) is 0 Å². The van der Waals surface area contributed by atoms with Gasteiger partial charge in [-0.05, 0) is 47.9 Å². The highest BCUT2D eigenvalue weighted by Gasteiger charge is 2.41. The zero-order valence-electron chi connectivity index (χ0n) is 11.2. The molecule has 0 saturated heterocycles. The molecule has 1 saturated carbocycles. The Kier molecular flexibility index (Phi) is 3.15. The standard InChI is InChI=1S/C14H20N2O2S/c1-2-14(5-6-14)10-16-19(17,18)13-4-3-11-8-15-9-12(11)7-13/h3-4,7,15-16H,2,5-6,8-10H2,1H3. The Balaban J connectivity index is 1.76. The van der Waals surface area contributed by atoms with E-state index in [1.165, 1.54) is 5.56 Å². The summed E-state index contributed by atoms with van der Waals surface area (Å²) in [6.07, 6.45) is 3.32. The summed E-state index contributed by atoms with van der Waals surface area (Å²) in [5.41, 5.74) is 2.52. The van der Waals surface area contributed by atoms with E-state index in [2.05, 4.69) is 17.0 Å². The van der Waals surface area contributed by atoms with Crippen molar-refractivity contribution in [2.45, 2.75) is 44.2 Å². The number of rotatable bonds is 5. The molecule has 1 aliphatic carbocycles. The Morgan fingerprint density at radius 1 is 1.26 bits per heavy atom. The van der Waals surface area contributed by atoms with Crippen LogP contribution in [0.15, 0.2) is 23.1 Å². The lowest BCUT2D eigenvalue weighted by Gasteiger charge is -2.14. The van der Waals surface area contributed by atoms with Crippen LogP contribution in [-0.2, 0) is 23.1 Å². The first-order valence-corrected chi connectivity index (χ1v) is 8.35. The van der Waals surface area contributed by atoms with Crippen LogP contribution < -0.4 is 10.0 Å². The van der Waals surface area contributed by atoms with Gasteiger partial charge in [0, 0.05) is 19.6 Å². The maximum absolute atomic E-state index is 12.3. The predicted octanol–water partition coefficient (Wildman–Crippen LogP) is 1.76. The maximum Gasteiger partial charge on any atom is 0.240 e. The van der Waals surface area contributed by atoms with Crippen LogP contribution in [0.25, 0.3) is 0 Å². The van der Waals surface area contributed by atoms with Crippen molar-refractivity contribution in [2.24, 2.45) is 5.41 Å². The van der Waals surface area contributed by atoms with Gasteiger partial charge in [-0.1, -0.05) is 13.0 Å². The van der Waals surface area contributed by atoms with E-state index in [-0.39, 0.29) is 5.41 Å². The van der Waals surface area contributed by atoms with Crippen LogP contribution in [0, 0.1) is 5.41 Å². The van der Waals surface area contributed by atoms with Crippen molar-refractivity contribution in [3.8, 4) is 0 Å². The number of fused-ring (bicyclic) bond motifs is 1. The van der Waals surface area contributed by atoms with E-state index in [0.717, 1.165) is 37.9 Å². The fourth-order valence-electron chi connectivity index (χ4n) is 2.60. The quantitative estimate of drug-likeness (QED) is 0.864. The van der Waals surface area contributed by atoms with E-state index >= 15 is 0 Å². The number of hydrogen-bond acceptors (Lipinski definition) is 3. The average Bonchev–Trinajstić information content (AvgIpc) is 3.05. The van der Waals surface area contributed by atoms with Gasteiger partial charge in [0.1, 0.15) is 0 Å². The molecule has 2 N–H and O–H groups in total. The topological polar surface area (TPSA) is 58.2 Å². The highest BCUT2D eigenvalue weighted by molar-refractivity contribution is 7.89. The van der Waals surface area contributed by atoms with Gasteiger partial charge >= 0.3 is 0 Å². The van der Waals surface area contributed by atoms with E-state index < -0.39 is 10.0 Å². The third-order valence-electron chi connectivity index (χ3n) is 4.46. The fraction of sp³-hybridized carbons (Fsp3) is 0.571. The Bertz CT molecular complexity index is 591. The van der Waals surface area contributed by atoms with Crippen LogP contribution in [0.3, 0.4) is 0 Å². The Hall–Kier alpha value is -0.910. The summed E-state index contributed by atoms with van der Waals surface area (Å²) in [7, 11) is -3.36. The Morgan fingerprint density at radius 2 is 2.00 bits per heavy atom. The zero-order valence-corrected chi connectivity index (χ0v) is 12.0. The smallest absolute Gasteiger partial charge is 0.240 e. The van der Waals surface area contributed by atoms with Crippen LogP contribution >= 0.6 is 0 Å². The first-order valence-electron chi connectivity index (χ1n) is 6.87. The second-order valence-corrected chi connectivity index (χ2v) is 7.48. The minimum absolute atomic E-state index is 0.228. The number of benzene rings is 1. The van der Waals surface area contributed by atoms with Crippen molar-refractivity contribution in [1.29, 1.82) is 0 Å². The highest BCUT2D eigenvalue weighted by atomic mass is 32.2. The summed E-state index contributed by atoms with van der Waals surface area (Å²) < 4.78 is 27.4. The fourth-order valence-corrected chi connectivity index (χ4v) is 3.81. The molecule has 5 heteroatoms. The molecule has 0 radical (unpaired) electrons. The predicted molar refractivity (Wildman–Crippen MR) is 74.1 cm³/mol. The van der Waals surface area contributed by atoms with Crippen molar-refractivity contribution in [2.75, 3.05) is 6.54 Å². The highest BCUT2D eigenvalue weighted by Crippen LogP contribution is 2.48. The van der Waals surface area contributed by atoms with Gasteiger partial charge in [0.15, 0.2) is 0 Å². The molecular formula is C14H20N2O2S.